The van der Waals surface area contributed by atoms with Gasteiger partial charge in [0.1, 0.15) is 0 Å². The lowest BCUT2D eigenvalue weighted by Gasteiger charge is -2.06. The van der Waals surface area contributed by atoms with Gasteiger partial charge in [-0.3, -0.25) is 24.1 Å². The van der Waals surface area contributed by atoms with Crippen LogP contribution >= 0.6 is 106 Å². The van der Waals surface area contributed by atoms with Crippen molar-refractivity contribution < 1.29 is 24.0 Å². The predicted octanol–water partition coefficient (Wildman–Crippen LogP) is 3.93. The second-order valence-electron chi connectivity index (χ2n) is 5.70. The monoisotopic (exact) mass is 694 g/mol. The van der Waals surface area contributed by atoms with Crippen LogP contribution in [0.3, 0.4) is 0 Å². The quantitative estimate of drug-likeness (QED) is 0.0408. The van der Waals surface area contributed by atoms with Gasteiger partial charge in [-0.25, -0.2) is 0 Å². The van der Waals surface area contributed by atoms with Crippen LogP contribution in [-0.2, 0) is 10.8 Å². The van der Waals surface area contributed by atoms with Crippen LogP contribution in [0.4, 0.5) is 9.59 Å². The molecule has 0 radical (unpaired) electrons. The zero-order valence-corrected chi connectivity index (χ0v) is 27.8. The molecule has 1 atom stereocenters. The van der Waals surface area contributed by atoms with Crippen molar-refractivity contribution in [2.45, 2.75) is 0 Å². The molecule has 36 heavy (non-hydrogen) atoms. The van der Waals surface area contributed by atoms with E-state index in [2.05, 4.69) is 20.9 Å². The second kappa shape index (κ2) is 31.3. The Morgan fingerprint density at radius 3 is 2.14 bits per heavy atom. The van der Waals surface area contributed by atoms with Gasteiger partial charge in [0.25, 0.3) is 10.5 Å². The van der Waals surface area contributed by atoms with Crippen LogP contribution in [0.15, 0.2) is 4.99 Å². The maximum absolute atomic E-state index is 11.9. The molecule has 212 valence electrons. The molecule has 1 unspecified atom stereocenters. The van der Waals surface area contributed by atoms with E-state index in [9.17, 15) is 13.8 Å². The zero-order valence-electron chi connectivity index (χ0n) is 19.6. The standard InChI is InChI=1S/C17H34N4O5S10/c22-11-31-13-30-6-18-5-28-8-20-16(24)34-2-1-27-3-4-36(26)10-19-7-29-9-21-17(25)35-15-33-14-32-12-23/h10,18,22-23H,1-9,11-15H2,(H,20,24)(H,21,25)/b19-10-. The summed E-state index contributed by atoms with van der Waals surface area (Å²) < 4.78 is 11.9. The van der Waals surface area contributed by atoms with Gasteiger partial charge in [-0.15, -0.1) is 70.6 Å². The lowest BCUT2D eigenvalue weighted by atomic mass is 10.9. The fourth-order valence-electron chi connectivity index (χ4n) is 1.62. The first kappa shape index (κ1) is 37.8. The lowest BCUT2D eigenvalue weighted by molar-refractivity contribution is 0.261. The number of nitrogens with one attached hydrogen (secondary N) is 3. The molecule has 0 spiro atoms. The molecule has 0 aromatic rings. The van der Waals surface area contributed by atoms with Crippen molar-refractivity contribution in [1.29, 1.82) is 0 Å². The first-order chi connectivity index (χ1) is 17.6. The highest BCUT2D eigenvalue weighted by atomic mass is 32.2. The molecule has 0 saturated carbocycles. The van der Waals surface area contributed by atoms with E-state index in [4.69, 9.17) is 10.2 Å². The zero-order chi connectivity index (χ0) is 26.5. The average Bonchev–Trinajstić information content (AvgIpc) is 2.87. The first-order valence-electron chi connectivity index (χ1n) is 10.2. The van der Waals surface area contributed by atoms with Gasteiger partial charge < -0.3 is 20.8 Å². The number of aliphatic hydroxyl groups is 2. The molecule has 0 aromatic heterocycles. The van der Waals surface area contributed by atoms with Crippen LogP contribution in [0.2, 0.25) is 0 Å². The summed E-state index contributed by atoms with van der Waals surface area (Å²) in [6, 6.07) is 0. The highest BCUT2D eigenvalue weighted by molar-refractivity contribution is 8.27. The topological polar surface area (TPSA) is 140 Å². The summed E-state index contributed by atoms with van der Waals surface area (Å²) in [7, 11) is -1.11. The molecule has 0 aromatic carbocycles. The van der Waals surface area contributed by atoms with Crippen LogP contribution < -0.4 is 16.0 Å². The molecule has 0 heterocycles. The van der Waals surface area contributed by atoms with Gasteiger partial charge >= 0.3 is 0 Å². The summed E-state index contributed by atoms with van der Waals surface area (Å²) >= 11 is 13.4. The fourth-order valence-corrected chi connectivity index (χ4v) is 9.90. The van der Waals surface area contributed by atoms with Gasteiger partial charge in [0.15, 0.2) is 0 Å². The fraction of sp³-hybridized carbons (Fsp3) is 0.824. The number of aliphatic imine (C=N–C) groups is 1. The minimum absolute atomic E-state index is 0.0316. The number of thioether (sulfide) groups is 9. The number of rotatable bonds is 25. The van der Waals surface area contributed by atoms with E-state index in [0.717, 1.165) is 33.4 Å². The van der Waals surface area contributed by atoms with Crippen molar-refractivity contribution >= 4 is 133 Å². The number of aliphatic hydroxyl groups excluding tert-OH is 2. The summed E-state index contributed by atoms with van der Waals surface area (Å²) in [5.41, 5.74) is 1.46. The number of hydrogen-bond acceptors (Lipinski definition) is 16. The van der Waals surface area contributed by atoms with Crippen LogP contribution in [0.5, 0.6) is 0 Å². The van der Waals surface area contributed by atoms with Crippen LogP contribution in [0.25, 0.3) is 0 Å². The Bertz CT molecular complexity index is 598. The second-order valence-corrected chi connectivity index (χ2v) is 17.2. The Morgan fingerprint density at radius 1 is 0.722 bits per heavy atom. The Balaban J connectivity index is 3.43. The normalized spacial score (nSPS) is 12.2. The smallest absolute Gasteiger partial charge is 0.280 e. The molecule has 5 N–H and O–H groups in total. The Hall–Kier alpha value is 1.79. The molecule has 2 amide bonds. The van der Waals surface area contributed by atoms with E-state index >= 15 is 0 Å². The number of carbonyl (C=O) groups excluding carboxylic acids is 2. The van der Waals surface area contributed by atoms with Crippen molar-refractivity contribution in [3.63, 3.8) is 0 Å². The van der Waals surface area contributed by atoms with Gasteiger partial charge in [0.2, 0.25) is 0 Å². The van der Waals surface area contributed by atoms with E-state index in [1.54, 1.807) is 47.0 Å². The summed E-state index contributed by atoms with van der Waals surface area (Å²) in [6.07, 6.45) is 0. The molecule has 0 saturated heterocycles. The highest BCUT2D eigenvalue weighted by Gasteiger charge is 2.03. The van der Waals surface area contributed by atoms with Crippen molar-refractivity contribution in [2.24, 2.45) is 4.99 Å². The Morgan fingerprint density at radius 2 is 1.39 bits per heavy atom. The average molecular weight is 695 g/mol. The third-order valence-electron chi connectivity index (χ3n) is 3.08. The molecule has 9 nitrogen and oxygen atoms in total. The van der Waals surface area contributed by atoms with E-state index in [1.807, 2.05) is 0 Å². The van der Waals surface area contributed by atoms with Gasteiger partial charge in [0, 0.05) is 50.0 Å². The van der Waals surface area contributed by atoms with E-state index in [1.165, 1.54) is 64.4 Å². The number of hydrogen-bond donors (Lipinski definition) is 5. The molecule has 0 aliphatic carbocycles. The van der Waals surface area contributed by atoms with Crippen molar-refractivity contribution in [2.75, 3.05) is 79.5 Å². The SMILES string of the molecule is O=C(NCSCNCSCSCO)SCCSCCS(=O)/C=N\CSCNC(=O)SCSCSCO. The molecular weight excluding hydrogens is 661 g/mol. The number of amides is 2. The lowest BCUT2D eigenvalue weighted by Crippen LogP contribution is -2.21. The predicted molar refractivity (Wildman–Crippen MR) is 178 cm³/mol. The van der Waals surface area contributed by atoms with E-state index in [-0.39, 0.29) is 22.4 Å². The molecule has 19 heteroatoms. The maximum Gasteiger partial charge on any atom is 0.280 e. The number of nitrogens with zero attached hydrogens (tertiary/aromatic N) is 1. The van der Waals surface area contributed by atoms with Gasteiger partial charge in [-0.2, -0.15) is 11.8 Å². The van der Waals surface area contributed by atoms with Crippen molar-refractivity contribution in [1.82, 2.24) is 16.0 Å². The summed E-state index contributed by atoms with van der Waals surface area (Å²) in [4.78, 5) is 27.5. The molecule has 0 aliphatic rings. The highest BCUT2D eigenvalue weighted by Crippen LogP contribution is 2.17. The Kier molecular flexibility index (Phi) is 32.9. The summed E-state index contributed by atoms with van der Waals surface area (Å²) in [5.74, 6) is 6.07. The molecule has 0 aliphatic heterocycles. The van der Waals surface area contributed by atoms with Crippen LogP contribution in [0.1, 0.15) is 0 Å². The van der Waals surface area contributed by atoms with E-state index in [0.29, 0.717) is 34.2 Å². The van der Waals surface area contributed by atoms with Crippen LogP contribution in [0, 0.1) is 0 Å². The molecule has 0 fully saturated rings. The molecule has 0 bridgehead atoms. The van der Waals surface area contributed by atoms with Gasteiger partial charge in [0.05, 0.1) is 45.9 Å². The third-order valence-corrected chi connectivity index (χ3v) is 12.8. The third kappa shape index (κ3) is 30.3. The first-order valence-corrected chi connectivity index (χ1v) is 21.7. The van der Waals surface area contributed by atoms with Gasteiger partial charge in [-0.1, -0.05) is 23.5 Å². The molecule has 0 rings (SSSR count). The number of carbonyl (C=O) groups is 2. The maximum atomic E-state index is 11.9. The summed E-state index contributed by atoms with van der Waals surface area (Å²) in [5, 5.41) is 28.3. The van der Waals surface area contributed by atoms with Crippen molar-refractivity contribution in [3.8, 4) is 0 Å². The summed E-state index contributed by atoms with van der Waals surface area (Å²) in [6.45, 7) is 0. The van der Waals surface area contributed by atoms with Crippen molar-refractivity contribution in [3.05, 3.63) is 0 Å². The largest absolute Gasteiger partial charge is 0.386 e. The van der Waals surface area contributed by atoms with E-state index < -0.39 is 10.8 Å². The Labute approximate surface area is 255 Å². The van der Waals surface area contributed by atoms with Crippen LogP contribution in [-0.4, -0.2) is 110 Å². The minimum atomic E-state index is -1.11. The van der Waals surface area contributed by atoms with Gasteiger partial charge in [-0.05, 0) is 0 Å². The minimum Gasteiger partial charge on any atom is -0.386 e. The molecular formula is C17H34N4O5S10.